The largest absolute Gasteiger partial charge is 0.481 e. The van der Waals surface area contributed by atoms with Gasteiger partial charge in [0.05, 0.1) is 0 Å². The van der Waals surface area contributed by atoms with Crippen LogP contribution in [0.3, 0.4) is 0 Å². The van der Waals surface area contributed by atoms with E-state index in [-0.39, 0.29) is 18.6 Å². The van der Waals surface area contributed by atoms with Gasteiger partial charge in [-0.1, -0.05) is 6.92 Å². The molecule has 0 saturated heterocycles. The number of rotatable bonds is 7. The van der Waals surface area contributed by atoms with E-state index in [0.717, 1.165) is 0 Å². The number of hydrogen-bond acceptors (Lipinski definition) is 3. The lowest BCUT2D eigenvalue weighted by atomic mass is 10.0. The molecule has 0 aromatic rings. The molecule has 0 aromatic heterocycles. The normalized spacial score (nSPS) is 10.1. The van der Waals surface area contributed by atoms with Crippen LogP contribution in [0.5, 0.6) is 0 Å². The second-order valence-electron chi connectivity index (χ2n) is 3.06. The van der Waals surface area contributed by atoms with Crippen molar-refractivity contribution < 1.29 is 24.6 Å². The standard InChI is InChI=1S/C9H14O5/c1-2-3-6(10)4-5-7(8(11)12)9(13)14/h7H,2-5H2,1H3,(H,11,12)(H,13,14). The van der Waals surface area contributed by atoms with Crippen LogP contribution in [0.1, 0.15) is 32.6 Å². The van der Waals surface area contributed by atoms with E-state index >= 15 is 0 Å². The van der Waals surface area contributed by atoms with Gasteiger partial charge >= 0.3 is 11.9 Å². The fourth-order valence-corrected chi connectivity index (χ4v) is 1.06. The average Bonchev–Trinajstić information content (AvgIpc) is 2.03. The molecule has 0 aliphatic carbocycles. The van der Waals surface area contributed by atoms with Crippen molar-refractivity contribution in [1.29, 1.82) is 0 Å². The quantitative estimate of drug-likeness (QED) is 0.599. The van der Waals surface area contributed by atoms with E-state index in [1.54, 1.807) is 0 Å². The molecule has 2 N–H and O–H groups in total. The second kappa shape index (κ2) is 6.12. The highest BCUT2D eigenvalue weighted by atomic mass is 16.4. The topological polar surface area (TPSA) is 91.7 Å². The zero-order valence-corrected chi connectivity index (χ0v) is 8.02. The van der Waals surface area contributed by atoms with Crippen molar-refractivity contribution in [2.75, 3.05) is 0 Å². The van der Waals surface area contributed by atoms with Crippen molar-refractivity contribution in [3.05, 3.63) is 0 Å². The van der Waals surface area contributed by atoms with Crippen LogP contribution in [0.4, 0.5) is 0 Å². The predicted molar refractivity (Wildman–Crippen MR) is 47.9 cm³/mol. The Hall–Kier alpha value is -1.39. The number of aliphatic carboxylic acids is 2. The minimum atomic E-state index is -1.46. The highest BCUT2D eigenvalue weighted by Gasteiger charge is 2.25. The zero-order valence-electron chi connectivity index (χ0n) is 8.02. The molecule has 80 valence electrons. The van der Waals surface area contributed by atoms with Crippen LogP contribution in [0, 0.1) is 5.92 Å². The Kier molecular flexibility index (Phi) is 5.52. The first-order valence-electron chi connectivity index (χ1n) is 4.46. The summed E-state index contributed by atoms with van der Waals surface area (Å²) in [5.41, 5.74) is 0. The molecule has 0 radical (unpaired) electrons. The minimum absolute atomic E-state index is 0.0249. The maximum atomic E-state index is 11.0. The minimum Gasteiger partial charge on any atom is -0.481 e. The van der Waals surface area contributed by atoms with E-state index in [4.69, 9.17) is 10.2 Å². The van der Waals surface area contributed by atoms with Crippen LogP contribution in [0.25, 0.3) is 0 Å². The molecule has 0 spiro atoms. The highest BCUT2D eigenvalue weighted by Crippen LogP contribution is 2.09. The first-order chi connectivity index (χ1) is 6.49. The summed E-state index contributed by atoms with van der Waals surface area (Å²) < 4.78 is 0. The van der Waals surface area contributed by atoms with Crippen molar-refractivity contribution in [3.8, 4) is 0 Å². The fraction of sp³-hybridized carbons (Fsp3) is 0.667. The first-order valence-corrected chi connectivity index (χ1v) is 4.46. The Morgan fingerprint density at radius 2 is 1.57 bits per heavy atom. The lowest BCUT2D eigenvalue weighted by Crippen LogP contribution is -2.24. The SMILES string of the molecule is CCCC(=O)CCC(C(=O)O)C(=O)O. The lowest BCUT2D eigenvalue weighted by molar-refractivity contribution is -0.154. The third-order valence-electron chi connectivity index (χ3n) is 1.84. The smallest absolute Gasteiger partial charge is 0.317 e. The predicted octanol–water partition coefficient (Wildman–Crippen LogP) is 0.921. The van der Waals surface area contributed by atoms with E-state index in [9.17, 15) is 14.4 Å². The number of carbonyl (C=O) groups is 3. The maximum Gasteiger partial charge on any atom is 0.317 e. The first kappa shape index (κ1) is 12.6. The molecule has 0 atom stereocenters. The van der Waals surface area contributed by atoms with Gasteiger partial charge in [-0.15, -0.1) is 0 Å². The van der Waals surface area contributed by atoms with Crippen molar-refractivity contribution in [2.45, 2.75) is 32.6 Å². The highest BCUT2D eigenvalue weighted by molar-refractivity contribution is 5.93. The summed E-state index contributed by atoms with van der Waals surface area (Å²) in [6, 6.07) is 0. The van der Waals surface area contributed by atoms with E-state index in [1.165, 1.54) is 0 Å². The van der Waals surface area contributed by atoms with Crippen LogP contribution in [0.15, 0.2) is 0 Å². The van der Waals surface area contributed by atoms with E-state index in [1.807, 2.05) is 6.92 Å². The Labute approximate surface area is 81.7 Å². The summed E-state index contributed by atoms with van der Waals surface area (Å²) in [5, 5.41) is 17.0. The lowest BCUT2D eigenvalue weighted by Gasteiger charge is -2.05. The fourth-order valence-electron chi connectivity index (χ4n) is 1.06. The van der Waals surface area contributed by atoms with E-state index < -0.39 is 17.9 Å². The summed E-state index contributed by atoms with van der Waals surface area (Å²) in [7, 11) is 0. The molecule has 0 unspecified atom stereocenters. The maximum absolute atomic E-state index is 11.0. The monoisotopic (exact) mass is 202 g/mol. The molecular weight excluding hydrogens is 188 g/mol. The molecule has 0 rings (SSSR count). The van der Waals surface area contributed by atoms with Crippen LogP contribution < -0.4 is 0 Å². The van der Waals surface area contributed by atoms with Gasteiger partial charge in [-0.3, -0.25) is 14.4 Å². The van der Waals surface area contributed by atoms with Crippen molar-refractivity contribution in [1.82, 2.24) is 0 Å². The Morgan fingerprint density at radius 3 is 1.93 bits per heavy atom. The molecule has 5 heteroatoms. The van der Waals surface area contributed by atoms with Gasteiger partial charge in [0.25, 0.3) is 0 Å². The summed E-state index contributed by atoms with van der Waals surface area (Å²) in [6.45, 7) is 1.84. The Balaban J connectivity index is 4.01. The molecule has 0 aromatic carbocycles. The molecular formula is C9H14O5. The number of Topliss-reactive ketones (excluding diaryl/α,β-unsaturated/α-hetero) is 1. The molecule has 0 aliphatic heterocycles. The summed E-state index contributed by atoms with van der Waals surface area (Å²) in [5.74, 6) is -4.32. The van der Waals surface area contributed by atoms with Gasteiger partial charge in [0.15, 0.2) is 5.92 Å². The number of hydrogen-bond donors (Lipinski definition) is 2. The van der Waals surface area contributed by atoms with E-state index in [2.05, 4.69) is 0 Å². The van der Waals surface area contributed by atoms with Crippen molar-refractivity contribution in [2.24, 2.45) is 5.92 Å². The van der Waals surface area contributed by atoms with Crippen LogP contribution in [-0.4, -0.2) is 27.9 Å². The van der Waals surface area contributed by atoms with Crippen molar-refractivity contribution in [3.63, 3.8) is 0 Å². The molecule has 14 heavy (non-hydrogen) atoms. The third kappa shape index (κ3) is 4.59. The van der Waals surface area contributed by atoms with Crippen molar-refractivity contribution >= 4 is 17.7 Å². The van der Waals surface area contributed by atoms with Gasteiger partial charge in [-0.25, -0.2) is 0 Å². The molecule has 5 nitrogen and oxygen atoms in total. The average molecular weight is 202 g/mol. The Bertz CT molecular complexity index is 219. The third-order valence-corrected chi connectivity index (χ3v) is 1.84. The molecule has 0 fully saturated rings. The number of carboxylic acids is 2. The van der Waals surface area contributed by atoms with Gasteiger partial charge in [0, 0.05) is 12.8 Å². The van der Waals surface area contributed by atoms with Gasteiger partial charge in [0.2, 0.25) is 0 Å². The molecule has 0 aliphatic rings. The van der Waals surface area contributed by atoms with Gasteiger partial charge in [-0.05, 0) is 12.8 Å². The molecule has 0 bridgehead atoms. The van der Waals surface area contributed by atoms with E-state index in [0.29, 0.717) is 12.8 Å². The van der Waals surface area contributed by atoms with Crippen LogP contribution in [-0.2, 0) is 14.4 Å². The molecule has 0 heterocycles. The van der Waals surface area contributed by atoms with Gasteiger partial charge < -0.3 is 10.2 Å². The summed E-state index contributed by atoms with van der Waals surface area (Å²) >= 11 is 0. The van der Waals surface area contributed by atoms with Crippen LogP contribution >= 0.6 is 0 Å². The molecule has 0 amide bonds. The zero-order chi connectivity index (χ0) is 11.1. The number of ketones is 1. The Morgan fingerprint density at radius 1 is 1.07 bits per heavy atom. The summed E-state index contributed by atoms with van der Waals surface area (Å²) in [4.78, 5) is 31.8. The van der Waals surface area contributed by atoms with Crippen LogP contribution in [0.2, 0.25) is 0 Å². The summed E-state index contributed by atoms with van der Waals surface area (Å²) in [6.07, 6.45) is 0.982. The second-order valence-corrected chi connectivity index (χ2v) is 3.06. The molecule has 0 saturated carbocycles. The van der Waals surface area contributed by atoms with Gasteiger partial charge in [-0.2, -0.15) is 0 Å². The van der Waals surface area contributed by atoms with Gasteiger partial charge in [0.1, 0.15) is 5.78 Å². The number of carbonyl (C=O) groups excluding carboxylic acids is 1. The number of carboxylic acid groups (broad SMARTS) is 2.